The minimum absolute atomic E-state index is 0.0113. The summed E-state index contributed by atoms with van der Waals surface area (Å²) < 4.78 is 0. The van der Waals surface area contributed by atoms with Gasteiger partial charge in [-0.3, -0.25) is 5.41 Å². The summed E-state index contributed by atoms with van der Waals surface area (Å²) in [6, 6.07) is 0. The van der Waals surface area contributed by atoms with Crippen LogP contribution in [-0.4, -0.2) is 5.96 Å². The molecule has 0 rings (SSSR count). The van der Waals surface area contributed by atoms with Gasteiger partial charge in [-0.2, -0.15) is 0 Å². The molecule has 0 saturated carbocycles. The molecule has 4 N–H and O–H groups in total. The van der Waals surface area contributed by atoms with Crippen molar-refractivity contribution in [3.63, 3.8) is 0 Å². The molecule has 0 saturated heterocycles. The maximum absolute atomic E-state index is 7.00. The van der Waals surface area contributed by atoms with Gasteiger partial charge in [0.1, 0.15) is 0 Å². The van der Waals surface area contributed by atoms with Crippen LogP contribution in [0.4, 0.5) is 0 Å². The molecule has 130 valence electrons. The van der Waals surface area contributed by atoms with E-state index in [1.165, 1.54) is 89.9 Å². The fourth-order valence-corrected chi connectivity index (χ4v) is 2.69. The van der Waals surface area contributed by atoms with E-state index in [1.807, 2.05) is 0 Å². The van der Waals surface area contributed by atoms with Gasteiger partial charge in [0.05, 0.1) is 0 Å². The van der Waals surface area contributed by atoms with Crippen molar-refractivity contribution < 1.29 is 0 Å². The van der Waals surface area contributed by atoms with Crippen LogP contribution in [0.3, 0.4) is 0 Å². The Hall–Kier alpha value is -0.990. The van der Waals surface area contributed by atoms with Crippen molar-refractivity contribution in [1.82, 2.24) is 5.32 Å². The zero-order valence-corrected chi connectivity index (χ0v) is 14.8. The number of hydrogen-bond acceptors (Lipinski definition) is 1. The number of rotatable bonds is 16. The minimum Gasteiger partial charge on any atom is -0.370 e. The molecule has 0 fully saturated rings. The van der Waals surface area contributed by atoms with E-state index in [1.54, 1.807) is 6.20 Å². The number of unbranched alkanes of at least 4 members (excludes halogenated alkanes) is 14. The summed E-state index contributed by atoms with van der Waals surface area (Å²) in [5.74, 6) is 0.0113. The Kier molecular flexibility index (Phi) is 17.2. The molecule has 0 atom stereocenters. The SMILES string of the molecule is CCCCCCCCCCCCCCCC/C=C/NC(=N)N. The van der Waals surface area contributed by atoms with Gasteiger partial charge < -0.3 is 11.1 Å². The third-order valence-corrected chi connectivity index (χ3v) is 4.08. The highest BCUT2D eigenvalue weighted by Gasteiger charge is 1.93. The van der Waals surface area contributed by atoms with Crippen molar-refractivity contribution in [1.29, 1.82) is 5.41 Å². The quantitative estimate of drug-likeness (QED) is 0.190. The molecule has 0 bridgehead atoms. The Morgan fingerprint density at radius 1 is 0.773 bits per heavy atom. The molecule has 0 aromatic carbocycles. The monoisotopic (exact) mass is 309 g/mol. The molecule has 0 aliphatic rings. The maximum atomic E-state index is 7.00. The molecule has 0 unspecified atom stereocenters. The Morgan fingerprint density at radius 3 is 1.59 bits per heavy atom. The topological polar surface area (TPSA) is 61.9 Å². The fourth-order valence-electron chi connectivity index (χ4n) is 2.69. The van der Waals surface area contributed by atoms with Crippen molar-refractivity contribution >= 4 is 5.96 Å². The van der Waals surface area contributed by atoms with Gasteiger partial charge in [0.15, 0.2) is 5.96 Å². The molecular formula is C19H39N3. The average molecular weight is 310 g/mol. The van der Waals surface area contributed by atoms with E-state index in [2.05, 4.69) is 18.3 Å². The van der Waals surface area contributed by atoms with Gasteiger partial charge in [0, 0.05) is 0 Å². The van der Waals surface area contributed by atoms with Crippen molar-refractivity contribution in [2.45, 2.75) is 103 Å². The standard InChI is InChI=1S/C19H39N3/c1-2-3-4-5-6-7-8-9-10-11-12-13-14-15-16-17-18-22-19(20)21/h17-18H,2-16H2,1H3,(H4,20,21,22)/b18-17+. The van der Waals surface area contributed by atoms with Crippen LogP contribution in [0.25, 0.3) is 0 Å². The summed E-state index contributed by atoms with van der Waals surface area (Å²) in [7, 11) is 0. The third-order valence-electron chi connectivity index (χ3n) is 4.08. The van der Waals surface area contributed by atoms with Crippen molar-refractivity contribution in [2.24, 2.45) is 5.73 Å². The van der Waals surface area contributed by atoms with E-state index >= 15 is 0 Å². The fraction of sp³-hybridized carbons (Fsp3) is 0.842. The van der Waals surface area contributed by atoms with E-state index in [0.717, 1.165) is 6.42 Å². The van der Waals surface area contributed by atoms with Crippen LogP contribution in [0.15, 0.2) is 12.3 Å². The highest BCUT2D eigenvalue weighted by atomic mass is 15.0. The minimum atomic E-state index is 0.0113. The summed E-state index contributed by atoms with van der Waals surface area (Å²) >= 11 is 0. The second-order valence-corrected chi connectivity index (χ2v) is 6.35. The maximum Gasteiger partial charge on any atom is 0.189 e. The van der Waals surface area contributed by atoms with Crippen LogP contribution < -0.4 is 11.1 Å². The lowest BCUT2D eigenvalue weighted by Gasteiger charge is -2.02. The summed E-state index contributed by atoms with van der Waals surface area (Å²) in [4.78, 5) is 0. The van der Waals surface area contributed by atoms with E-state index in [-0.39, 0.29) is 5.96 Å². The van der Waals surface area contributed by atoms with E-state index in [0.29, 0.717) is 0 Å². The molecule has 22 heavy (non-hydrogen) atoms. The molecule has 0 amide bonds. The van der Waals surface area contributed by atoms with Crippen LogP contribution >= 0.6 is 0 Å². The summed E-state index contributed by atoms with van der Waals surface area (Å²) in [5.41, 5.74) is 5.18. The predicted molar refractivity (Wildman–Crippen MR) is 99.1 cm³/mol. The lowest BCUT2D eigenvalue weighted by molar-refractivity contribution is 0.536. The Bertz CT molecular complexity index is 261. The molecule has 0 aromatic heterocycles. The largest absolute Gasteiger partial charge is 0.370 e. The molecule has 0 aliphatic carbocycles. The summed E-state index contributed by atoms with van der Waals surface area (Å²) in [6.45, 7) is 2.28. The van der Waals surface area contributed by atoms with Crippen LogP contribution in [0.5, 0.6) is 0 Å². The number of allylic oxidation sites excluding steroid dienone is 1. The first-order chi connectivity index (χ1) is 10.8. The highest BCUT2D eigenvalue weighted by Crippen LogP contribution is 2.13. The van der Waals surface area contributed by atoms with Crippen LogP contribution in [0.2, 0.25) is 0 Å². The Balaban J connectivity index is 3.02. The lowest BCUT2D eigenvalue weighted by atomic mass is 10.0. The van der Waals surface area contributed by atoms with E-state index in [9.17, 15) is 0 Å². The van der Waals surface area contributed by atoms with Crippen molar-refractivity contribution in [3.8, 4) is 0 Å². The number of nitrogens with one attached hydrogen (secondary N) is 2. The lowest BCUT2D eigenvalue weighted by Crippen LogP contribution is -2.24. The molecule has 0 spiro atoms. The van der Waals surface area contributed by atoms with Gasteiger partial charge in [-0.05, 0) is 19.0 Å². The summed E-state index contributed by atoms with van der Waals surface area (Å²) in [5, 5.41) is 9.68. The molecular weight excluding hydrogens is 270 g/mol. The first kappa shape index (κ1) is 21.0. The molecule has 3 heteroatoms. The smallest absolute Gasteiger partial charge is 0.189 e. The zero-order chi connectivity index (χ0) is 16.3. The molecule has 0 heterocycles. The van der Waals surface area contributed by atoms with Gasteiger partial charge in [0.2, 0.25) is 0 Å². The van der Waals surface area contributed by atoms with Gasteiger partial charge >= 0.3 is 0 Å². The molecule has 0 aromatic rings. The second-order valence-electron chi connectivity index (χ2n) is 6.35. The summed E-state index contributed by atoms with van der Waals surface area (Å²) in [6.07, 6.45) is 24.5. The highest BCUT2D eigenvalue weighted by molar-refractivity contribution is 5.75. The molecule has 0 aliphatic heterocycles. The first-order valence-electron chi connectivity index (χ1n) is 9.53. The number of guanidine groups is 1. The predicted octanol–water partition coefficient (Wildman–Crippen LogP) is 5.85. The van der Waals surface area contributed by atoms with Gasteiger partial charge in [-0.1, -0.05) is 96.5 Å². The van der Waals surface area contributed by atoms with Gasteiger partial charge in [-0.15, -0.1) is 0 Å². The molecule has 3 nitrogen and oxygen atoms in total. The van der Waals surface area contributed by atoms with Crippen molar-refractivity contribution in [3.05, 3.63) is 12.3 Å². The zero-order valence-electron chi connectivity index (χ0n) is 14.8. The third kappa shape index (κ3) is 19.0. The number of nitrogens with two attached hydrogens (primary N) is 1. The Morgan fingerprint density at radius 2 is 1.18 bits per heavy atom. The van der Waals surface area contributed by atoms with E-state index in [4.69, 9.17) is 11.1 Å². The van der Waals surface area contributed by atoms with Gasteiger partial charge in [-0.25, -0.2) is 0 Å². The average Bonchev–Trinajstić information content (AvgIpc) is 2.50. The van der Waals surface area contributed by atoms with Gasteiger partial charge in [0.25, 0.3) is 0 Å². The van der Waals surface area contributed by atoms with Crippen LogP contribution in [0.1, 0.15) is 103 Å². The second kappa shape index (κ2) is 18.1. The van der Waals surface area contributed by atoms with Crippen molar-refractivity contribution in [2.75, 3.05) is 0 Å². The number of hydrogen-bond donors (Lipinski definition) is 3. The first-order valence-corrected chi connectivity index (χ1v) is 9.53. The van der Waals surface area contributed by atoms with E-state index < -0.39 is 0 Å². The van der Waals surface area contributed by atoms with Crippen LogP contribution in [0, 0.1) is 5.41 Å². The Labute approximate surface area is 138 Å². The van der Waals surface area contributed by atoms with Crippen LogP contribution in [-0.2, 0) is 0 Å². The molecule has 0 radical (unpaired) electrons. The normalized spacial score (nSPS) is 11.1.